The Hall–Kier alpha value is -0.280. The zero-order chi connectivity index (χ0) is 12.6. The molecule has 0 amide bonds. The van der Waals surface area contributed by atoms with Crippen molar-refractivity contribution in [3.05, 3.63) is 33.8 Å². The fraction of sp³-hybridized carbons (Fsp3) is 0.571. The van der Waals surface area contributed by atoms with E-state index in [9.17, 15) is 0 Å². The highest BCUT2D eigenvalue weighted by Crippen LogP contribution is 2.36. The zero-order valence-electron chi connectivity index (χ0n) is 10.4. The van der Waals surface area contributed by atoms with Gasteiger partial charge in [0.25, 0.3) is 0 Å². The van der Waals surface area contributed by atoms with Crippen molar-refractivity contribution >= 4 is 23.2 Å². The standard InChI is InChI=1S/C14H18Cl2N2/c15-12-2-1-3-13(16)11(12)8-18-6-4-14(5-7-18)9-17-10-14/h1-3,17H,4-10H2. The van der Waals surface area contributed by atoms with Crippen molar-refractivity contribution < 1.29 is 0 Å². The summed E-state index contributed by atoms with van der Waals surface area (Å²) in [7, 11) is 0. The van der Waals surface area contributed by atoms with Crippen LogP contribution in [0.15, 0.2) is 18.2 Å². The molecule has 1 spiro atoms. The summed E-state index contributed by atoms with van der Waals surface area (Å²) in [5, 5.41) is 4.96. The quantitative estimate of drug-likeness (QED) is 0.897. The lowest BCUT2D eigenvalue weighted by atomic mass is 9.73. The summed E-state index contributed by atoms with van der Waals surface area (Å²) in [6.07, 6.45) is 2.59. The van der Waals surface area contributed by atoms with Crippen LogP contribution in [0.1, 0.15) is 18.4 Å². The zero-order valence-corrected chi connectivity index (χ0v) is 11.9. The number of rotatable bonds is 2. The molecule has 0 saturated carbocycles. The maximum Gasteiger partial charge on any atom is 0.0465 e. The van der Waals surface area contributed by atoms with Crippen LogP contribution in [0.3, 0.4) is 0 Å². The molecule has 4 heteroatoms. The second-order valence-corrected chi connectivity index (χ2v) is 6.39. The highest BCUT2D eigenvalue weighted by atomic mass is 35.5. The predicted octanol–water partition coefficient (Wildman–Crippen LogP) is 3.18. The van der Waals surface area contributed by atoms with E-state index in [1.807, 2.05) is 18.2 Å². The third-order valence-corrected chi connectivity index (χ3v) is 5.07. The number of halogens is 2. The number of hydrogen-bond donors (Lipinski definition) is 1. The molecule has 2 fully saturated rings. The molecule has 0 bridgehead atoms. The lowest BCUT2D eigenvalue weighted by molar-refractivity contribution is 0.0520. The predicted molar refractivity (Wildman–Crippen MR) is 76.3 cm³/mol. The molecule has 2 heterocycles. The van der Waals surface area contributed by atoms with Gasteiger partial charge in [0.15, 0.2) is 0 Å². The molecule has 1 N–H and O–H groups in total. The Morgan fingerprint density at radius 2 is 1.72 bits per heavy atom. The molecule has 1 aromatic rings. The van der Waals surface area contributed by atoms with E-state index in [0.717, 1.165) is 35.2 Å². The van der Waals surface area contributed by atoms with Crippen molar-refractivity contribution in [2.45, 2.75) is 19.4 Å². The third kappa shape index (κ3) is 2.39. The van der Waals surface area contributed by atoms with Gasteiger partial charge in [0.2, 0.25) is 0 Å². The minimum absolute atomic E-state index is 0.598. The maximum absolute atomic E-state index is 6.22. The Bertz CT molecular complexity index is 413. The lowest BCUT2D eigenvalue weighted by Crippen LogP contribution is -2.58. The first kappa shape index (κ1) is 12.7. The number of hydrogen-bond acceptors (Lipinski definition) is 2. The summed E-state index contributed by atoms with van der Waals surface area (Å²) in [6.45, 7) is 5.59. The summed E-state index contributed by atoms with van der Waals surface area (Å²) in [5.74, 6) is 0. The highest BCUT2D eigenvalue weighted by Gasteiger charge is 2.39. The first-order chi connectivity index (χ1) is 8.69. The van der Waals surface area contributed by atoms with Crippen molar-refractivity contribution in [3.8, 4) is 0 Å². The van der Waals surface area contributed by atoms with Gasteiger partial charge in [-0.05, 0) is 43.5 Å². The Balaban J connectivity index is 1.64. The van der Waals surface area contributed by atoms with Crippen LogP contribution in [-0.4, -0.2) is 31.1 Å². The average Bonchev–Trinajstić information content (AvgIpc) is 2.33. The maximum atomic E-state index is 6.22. The lowest BCUT2D eigenvalue weighted by Gasteiger charge is -2.48. The van der Waals surface area contributed by atoms with Crippen molar-refractivity contribution in [3.63, 3.8) is 0 Å². The van der Waals surface area contributed by atoms with Gasteiger partial charge >= 0.3 is 0 Å². The average molecular weight is 285 g/mol. The SMILES string of the molecule is Clc1cccc(Cl)c1CN1CCC2(CC1)CNC2. The minimum atomic E-state index is 0.598. The largest absolute Gasteiger partial charge is 0.316 e. The molecule has 0 radical (unpaired) electrons. The van der Waals surface area contributed by atoms with Gasteiger partial charge in [0.05, 0.1) is 0 Å². The van der Waals surface area contributed by atoms with Crippen LogP contribution in [0.25, 0.3) is 0 Å². The fourth-order valence-electron chi connectivity index (χ4n) is 2.92. The van der Waals surface area contributed by atoms with Crippen LogP contribution < -0.4 is 5.32 Å². The van der Waals surface area contributed by atoms with Crippen LogP contribution in [0.2, 0.25) is 10.0 Å². The van der Waals surface area contributed by atoms with Crippen molar-refractivity contribution in [1.82, 2.24) is 10.2 Å². The first-order valence-electron chi connectivity index (χ1n) is 6.55. The van der Waals surface area contributed by atoms with Crippen LogP contribution in [-0.2, 0) is 6.54 Å². The number of likely N-dealkylation sites (tertiary alicyclic amines) is 1. The molecule has 0 unspecified atom stereocenters. The van der Waals surface area contributed by atoms with E-state index < -0.39 is 0 Å². The number of nitrogens with zero attached hydrogens (tertiary/aromatic N) is 1. The molecule has 2 aliphatic rings. The van der Waals surface area contributed by atoms with Gasteiger partial charge in [-0.25, -0.2) is 0 Å². The highest BCUT2D eigenvalue weighted by molar-refractivity contribution is 6.35. The van der Waals surface area contributed by atoms with Crippen molar-refractivity contribution in [2.24, 2.45) is 5.41 Å². The molecule has 0 aromatic heterocycles. The molecule has 0 aliphatic carbocycles. The van der Waals surface area contributed by atoms with Crippen LogP contribution >= 0.6 is 23.2 Å². The van der Waals surface area contributed by atoms with E-state index in [-0.39, 0.29) is 0 Å². The summed E-state index contributed by atoms with van der Waals surface area (Å²) in [6, 6.07) is 5.74. The molecule has 2 saturated heterocycles. The summed E-state index contributed by atoms with van der Waals surface area (Å²) in [5.41, 5.74) is 1.67. The Kier molecular flexibility index (Phi) is 3.55. The van der Waals surface area contributed by atoms with E-state index in [1.54, 1.807) is 0 Å². The second-order valence-electron chi connectivity index (χ2n) is 5.58. The summed E-state index contributed by atoms with van der Waals surface area (Å²) in [4.78, 5) is 2.47. The molecule has 1 aromatic carbocycles. The molecule has 2 nitrogen and oxygen atoms in total. The minimum Gasteiger partial charge on any atom is -0.316 e. The second kappa shape index (κ2) is 5.01. The van der Waals surface area contributed by atoms with Gasteiger partial charge in [-0.2, -0.15) is 0 Å². The van der Waals surface area contributed by atoms with Gasteiger partial charge in [-0.3, -0.25) is 4.90 Å². The third-order valence-electron chi connectivity index (χ3n) is 4.36. The van der Waals surface area contributed by atoms with Gasteiger partial charge < -0.3 is 5.32 Å². The molecule has 2 aliphatic heterocycles. The van der Waals surface area contributed by atoms with Crippen molar-refractivity contribution in [1.29, 1.82) is 0 Å². The van der Waals surface area contributed by atoms with Gasteiger partial charge in [-0.15, -0.1) is 0 Å². The normalized spacial score (nSPS) is 23.0. The van der Waals surface area contributed by atoms with E-state index in [2.05, 4.69) is 10.2 Å². The smallest absolute Gasteiger partial charge is 0.0465 e. The van der Waals surface area contributed by atoms with Crippen LogP contribution in [0.4, 0.5) is 0 Å². The number of piperidine rings is 1. The topological polar surface area (TPSA) is 15.3 Å². The van der Waals surface area contributed by atoms with Gasteiger partial charge in [-0.1, -0.05) is 29.3 Å². The Labute approximate surface area is 118 Å². The van der Waals surface area contributed by atoms with Crippen LogP contribution in [0.5, 0.6) is 0 Å². The Morgan fingerprint density at radius 3 is 2.22 bits per heavy atom. The van der Waals surface area contributed by atoms with Crippen LogP contribution in [0, 0.1) is 5.41 Å². The van der Waals surface area contributed by atoms with E-state index in [1.165, 1.54) is 25.9 Å². The van der Waals surface area contributed by atoms with Gasteiger partial charge in [0, 0.05) is 35.2 Å². The van der Waals surface area contributed by atoms with E-state index in [4.69, 9.17) is 23.2 Å². The molecular formula is C14H18Cl2N2. The first-order valence-corrected chi connectivity index (χ1v) is 7.30. The fourth-order valence-corrected chi connectivity index (χ4v) is 3.44. The monoisotopic (exact) mass is 284 g/mol. The summed E-state index contributed by atoms with van der Waals surface area (Å²) < 4.78 is 0. The molecular weight excluding hydrogens is 267 g/mol. The van der Waals surface area contributed by atoms with Gasteiger partial charge in [0.1, 0.15) is 0 Å². The van der Waals surface area contributed by atoms with E-state index in [0.29, 0.717) is 5.41 Å². The number of benzene rings is 1. The van der Waals surface area contributed by atoms with E-state index >= 15 is 0 Å². The molecule has 0 atom stereocenters. The number of nitrogens with one attached hydrogen (secondary N) is 1. The Morgan fingerprint density at radius 1 is 1.11 bits per heavy atom. The molecule has 18 heavy (non-hydrogen) atoms. The summed E-state index contributed by atoms with van der Waals surface area (Å²) >= 11 is 12.4. The molecule has 98 valence electrons. The molecule has 3 rings (SSSR count). The van der Waals surface area contributed by atoms with Crippen molar-refractivity contribution in [2.75, 3.05) is 26.2 Å².